The van der Waals surface area contributed by atoms with E-state index in [9.17, 15) is 9.59 Å². The number of hydrogen-bond acceptors (Lipinski definition) is 3. The largest absolute Gasteiger partial charge is 0.359 e. The van der Waals surface area contributed by atoms with E-state index in [1.807, 2.05) is 55.2 Å². The van der Waals surface area contributed by atoms with Crippen molar-refractivity contribution in [2.45, 2.75) is 45.6 Å². The molecule has 184 valence electrons. The zero-order chi connectivity index (χ0) is 24.0. The number of benzene rings is 1. The van der Waals surface area contributed by atoms with Crippen LogP contribution in [0.1, 0.15) is 48.2 Å². The Balaban J connectivity index is 0.00000289. The van der Waals surface area contributed by atoms with Crippen LogP contribution in [0, 0.1) is 19.8 Å². The van der Waals surface area contributed by atoms with Crippen molar-refractivity contribution in [1.29, 1.82) is 0 Å². The summed E-state index contributed by atoms with van der Waals surface area (Å²) in [5.74, 6) is 0.452. The molecule has 0 atom stereocenters. The second-order valence-electron chi connectivity index (χ2n) is 9.87. The molecule has 35 heavy (non-hydrogen) atoms. The van der Waals surface area contributed by atoms with Crippen LogP contribution in [0.2, 0.25) is 0 Å². The Labute approximate surface area is 212 Å². The number of carbonyl (C=O) groups excluding carboxylic acids is 1. The Morgan fingerprint density at radius 1 is 1.06 bits per heavy atom. The number of nitrogens with zero attached hydrogens (tertiary/aromatic N) is 2. The number of rotatable bonds is 4. The van der Waals surface area contributed by atoms with Gasteiger partial charge in [-0.25, -0.2) is 0 Å². The van der Waals surface area contributed by atoms with Gasteiger partial charge >= 0.3 is 0 Å². The van der Waals surface area contributed by atoms with Crippen LogP contribution in [0.5, 0.6) is 0 Å². The molecule has 0 unspecified atom stereocenters. The zero-order valence-electron chi connectivity index (χ0n) is 20.5. The second-order valence-corrected chi connectivity index (χ2v) is 9.87. The standard InChI is InChI=1S/C28H32N4O2.ClH/c1-17-13-18(2)30-25(17)15-24-23-11-8-20(22-5-4-12-31(3)27(22)33)14-26(23)32(28(24)34)16-19-6-9-21(29)10-7-19;/h4-5,8,11-15,19,21,30H,6-7,9-10,16,29H2,1-3H3;1H/b24-15-;. The average molecular weight is 493 g/mol. The predicted molar refractivity (Wildman–Crippen MR) is 145 cm³/mol. The summed E-state index contributed by atoms with van der Waals surface area (Å²) in [6.07, 6.45) is 7.80. The van der Waals surface area contributed by atoms with Crippen molar-refractivity contribution >= 4 is 35.7 Å². The lowest BCUT2D eigenvalue weighted by Crippen LogP contribution is -2.36. The van der Waals surface area contributed by atoms with Gasteiger partial charge in [0.05, 0.1) is 11.3 Å². The number of fused-ring (bicyclic) bond motifs is 1. The van der Waals surface area contributed by atoms with Crippen LogP contribution in [0.15, 0.2) is 47.4 Å². The molecule has 5 rings (SSSR count). The van der Waals surface area contributed by atoms with Gasteiger partial charge in [0.15, 0.2) is 0 Å². The number of nitrogens with one attached hydrogen (secondary N) is 1. The third kappa shape index (κ3) is 4.73. The summed E-state index contributed by atoms with van der Waals surface area (Å²) in [5.41, 5.74) is 13.2. The highest BCUT2D eigenvalue weighted by molar-refractivity contribution is 6.36. The number of aromatic nitrogens is 2. The van der Waals surface area contributed by atoms with E-state index in [-0.39, 0.29) is 29.9 Å². The summed E-state index contributed by atoms with van der Waals surface area (Å²) >= 11 is 0. The number of aromatic amines is 1. The van der Waals surface area contributed by atoms with Crippen LogP contribution >= 0.6 is 12.4 Å². The second kappa shape index (κ2) is 9.88. The Hall–Kier alpha value is -3.09. The molecule has 7 heteroatoms. The molecule has 3 heterocycles. The monoisotopic (exact) mass is 492 g/mol. The van der Waals surface area contributed by atoms with Crippen LogP contribution in [0.3, 0.4) is 0 Å². The molecule has 1 aromatic carbocycles. The van der Waals surface area contributed by atoms with E-state index in [0.29, 0.717) is 23.6 Å². The third-order valence-electron chi connectivity index (χ3n) is 7.30. The summed E-state index contributed by atoms with van der Waals surface area (Å²) in [4.78, 5) is 31.8. The Morgan fingerprint density at radius 2 is 1.80 bits per heavy atom. The maximum atomic E-state index is 13.7. The van der Waals surface area contributed by atoms with Crippen LogP contribution in [-0.4, -0.2) is 28.0 Å². The molecule has 1 amide bonds. The smallest absolute Gasteiger partial charge is 0.259 e. The van der Waals surface area contributed by atoms with Crippen molar-refractivity contribution in [2.75, 3.05) is 11.4 Å². The molecule has 0 saturated heterocycles. The average Bonchev–Trinajstić information content (AvgIpc) is 3.27. The topological polar surface area (TPSA) is 84.1 Å². The highest BCUT2D eigenvalue weighted by Crippen LogP contribution is 2.41. The van der Waals surface area contributed by atoms with Crippen molar-refractivity contribution in [2.24, 2.45) is 18.7 Å². The first-order valence-corrected chi connectivity index (χ1v) is 12.1. The van der Waals surface area contributed by atoms with E-state index in [2.05, 4.69) is 11.1 Å². The molecule has 1 saturated carbocycles. The van der Waals surface area contributed by atoms with E-state index >= 15 is 0 Å². The van der Waals surface area contributed by atoms with E-state index in [4.69, 9.17) is 5.73 Å². The number of nitrogens with two attached hydrogens (primary N) is 1. The van der Waals surface area contributed by atoms with Crippen LogP contribution in [-0.2, 0) is 11.8 Å². The van der Waals surface area contributed by atoms with Gasteiger partial charge in [-0.15, -0.1) is 12.4 Å². The van der Waals surface area contributed by atoms with Crippen molar-refractivity contribution < 1.29 is 4.79 Å². The Morgan fingerprint density at radius 3 is 2.49 bits per heavy atom. The minimum atomic E-state index is -0.0483. The van der Waals surface area contributed by atoms with E-state index < -0.39 is 0 Å². The number of pyridine rings is 1. The highest BCUT2D eigenvalue weighted by atomic mass is 35.5. The zero-order valence-corrected chi connectivity index (χ0v) is 21.3. The molecule has 0 spiro atoms. The van der Waals surface area contributed by atoms with Gasteiger partial charge in [-0.3, -0.25) is 9.59 Å². The van der Waals surface area contributed by atoms with Gasteiger partial charge in [-0.05, 0) is 86.9 Å². The van der Waals surface area contributed by atoms with E-state index in [0.717, 1.165) is 59.4 Å². The lowest BCUT2D eigenvalue weighted by atomic mass is 9.86. The quantitative estimate of drug-likeness (QED) is 0.512. The van der Waals surface area contributed by atoms with E-state index in [1.54, 1.807) is 17.8 Å². The number of halogens is 1. The molecule has 2 aromatic heterocycles. The first-order valence-electron chi connectivity index (χ1n) is 12.1. The lowest BCUT2D eigenvalue weighted by Gasteiger charge is -2.30. The molecule has 1 aliphatic carbocycles. The van der Waals surface area contributed by atoms with Crippen LogP contribution < -0.4 is 16.2 Å². The molecule has 2 aliphatic rings. The molecular formula is C28H33ClN4O2. The fourth-order valence-electron chi connectivity index (χ4n) is 5.33. The number of hydrogen-bond donors (Lipinski definition) is 2. The molecule has 6 nitrogen and oxygen atoms in total. The molecule has 0 radical (unpaired) electrons. The van der Waals surface area contributed by atoms with Gasteiger partial charge < -0.3 is 20.2 Å². The first kappa shape index (κ1) is 25.0. The molecular weight excluding hydrogens is 460 g/mol. The summed E-state index contributed by atoms with van der Waals surface area (Å²) < 4.78 is 1.58. The van der Waals surface area contributed by atoms with E-state index in [1.165, 1.54) is 0 Å². The van der Waals surface area contributed by atoms with Crippen molar-refractivity contribution in [1.82, 2.24) is 9.55 Å². The highest BCUT2D eigenvalue weighted by Gasteiger charge is 2.35. The predicted octanol–water partition coefficient (Wildman–Crippen LogP) is 4.82. The van der Waals surface area contributed by atoms with Gasteiger partial charge in [-0.1, -0.05) is 12.1 Å². The fourth-order valence-corrected chi connectivity index (χ4v) is 5.33. The summed E-state index contributed by atoms with van der Waals surface area (Å²) in [6, 6.07) is 12.0. The SMILES string of the molecule is Cc1cc(C)c(/C=C2\C(=O)N(CC3CCC(N)CC3)c3cc(-c4cccn(C)c4=O)ccc32)[nH]1.Cl. The molecule has 3 aromatic rings. The lowest BCUT2D eigenvalue weighted by molar-refractivity contribution is -0.113. The first-order chi connectivity index (χ1) is 16.3. The molecule has 0 bridgehead atoms. The van der Waals surface area contributed by atoms with Crippen LogP contribution in [0.4, 0.5) is 5.69 Å². The Kier molecular flexibility index (Phi) is 7.06. The maximum absolute atomic E-state index is 13.7. The summed E-state index contributed by atoms with van der Waals surface area (Å²) in [5, 5.41) is 0. The third-order valence-corrected chi connectivity index (χ3v) is 7.30. The van der Waals surface area contributed by atoms with Gasteiger partial charge in [-0.2, -0.15) is 0 Å². The number of H-pyrrole nitrogens is 1. The minimum absolute atomic E-state index is 0. The van der Waals surface area contributed by atoms with Crippen molar-refractivity contribution in [3.63, 3.8) is 0 Å². The molecule has 1 aliphatic heterocycles. The number of aryl methyl sites for hydroxylation is 3. The Bertz CT molecular complexity index is 1350. The number of anilines is 1. The van der Waals surface area contributed by atoms with Crippen molar-refractivity contribution in [3.8, 4) is 11.1 Å². The molecule has 1 fully saturated rings. The fraction of sp³-hybridized carbons (Fsp3) is 0.357. The minimum Gasteiger partial charge on any atom is -0.359 e. The molecule has 3 N–H and O–H groups in total. The van der Waals surface area contributed by atoms with Gasteiger partial charge in [0.1, 0.15) is 0 Å². The van der Waals surface area contributed by atoms with Gasteiger partial charge in [0.2, 0.25) is 0 Å². The van der Waals surface area contributed by atoms with Gasteiger partial charge in [0.25, 0.3) is 11.5 Å². The normalized spacial score (nSPS) is 20.7. The van der Waals surface area contributed by atoms with Gasteiger partial charge in [0, 0.05) is 48.3 Å². The summed E-state index contributed by atoms with van der Waals surface area (Å²) in [6.45, 7) is 4.74. The van der Waals surface area contributed by atoms with Crippen molar-refractivity contribution in [3.05, 3.63) is 75.5 Å². The number of carbonyl (C=O) groups is 1. The van der Waals surface area contributed by atoms with Crippen LogP contribution in [0.25, 0.3) is 22.8 Å². The number of amides is 1. The summed E-state index contributed by atoms with van der Waals surface area (Å²) in [7, 11) is 1.75. The maximum Gasteiger partial charge on any atom is 0.259 e.